The number of thiazole rings is 1. The Kier molecular flexibility index (Phi) is 6.57. The third-order valence-electron chi connectivity index (χ3n) is 3.07. The van der Waals surface area contributed by atoms with Crippen molar-refractivity contribution in [3.05, 3.63) is 46.2 Å². The molecule has 0 saturated carbocycles. The molecule has 2 aromatic rings. The molecular weight excluding hydrogens is 354 g/mol. The quantitative estimate of drug-likeness (QED) is 0.882. The summed E-state index contributed by atoms with van der Waals surface area (Å²) in [5, 5.41) is 4.56. The molecule has 1 aromatic carbocycles. The number of amides is 2. The number of hydrogen-bond donors (Lipinski definition) is 1. The average Bonchev–Trinajstić information content (AvgIpc) is 3.00. The summed E-state index contributed by atoms with van der Waals surface area (Å²) in [5.74, 6) is 0. The Balaban J connectivity index is 2.14. The minimum absolute atomic E-state index is 0.277. The molecule has 8 heteroatoms. The average molecular weight is 377 g/mol. The van der Waals surface area contributed by atoms with Gasteiger partial charge in [0, 0.05) is 23.8 Å². The molecule has 140 valence electrons. The van der Waals surface area contributed by atoms with Crippen molar-refractivity contribution in [3.63, 3.8) is 0 Å². The van der Waals surface area contributed by atoms with Crippen LogP contribution in [0.4, 0.5) is 9.59 Å². The van der Waals surface area contributed by atoms with Gasteiger partial charge in [-0.1, -0.05) is 12.1 Å². The third kappa shape index (κ3) is 6.03. The monoisotopic (exact) mass is 377 g/mol. The van der Waals surface area contributed by atoms with Gasteiger partial charge >= 0.3 is 12.2 Å². The molecule has 0 radical (unpaired) electrons. The van der Waals surface area contributed by atoms with Crippen LogP contribution in [0.1, 0.15) is 33.3 Å². The zero-order chi connectivity index (χ0) is 19.2. The van der Waals surface area contributed by atoms with E-state index in [1.165, 1.54) is 11.3 Å². The van der Waals surface area contributed by atoms with Gasteiger partial charge < -0.3 is 14.8 Å². The van der Waals surface area contributed by atoms with E-state index >= 15 is 0 Å². The predicted octanol–water partition coefficient (Wildman–Crippen LogP) is 3.62. The molecule has 0 saturated heterocycles. The molecule has 0 unspecified atom stereocenters. The number of carbonyl (C=O) groups excluding carboxylic acids is 2. The Morgan fingerprint density at radius 2 is 2.08 bits per heavy atom. The van der Waals surface area contributed by atoms with Crippen LogP contribution in [0.3, 0.4) is 0 Å². The number of alkyl carbamates (subject to hydrolysis) is 1. The van der Waals surface area contributed by atoms with E-state index in [2.05, 4.69) is 10.3 Å². The molecule has 0 bridgehead atoms. The molecule has 0 spiro atoms. The van der Waals surface area contributed by atoms with Gasteiger partial charge in [0.1, 0.15) is 5.60 Å². The molecule has 1 N–H and O–H groups in total. The van der Waals surface area contributed by atoms with Gasteiger partial charge in [0.05, 0.1) is 6.61 Å². The maximum atomic E-state index is 11.8. The first-order chi connectivity index (χ1) is 12.3. The van der Waals surface area contributed by atoms with Gasteiger partial charge in [0.2, 0.25) is 4.80 Å². The number of aromatic nitrogens is 1. The van der Waals surface area contributed by atoms with Crippen LogP contribution in [0.15, 0.2) is 40.8 Å². The number of nitrogens with zero attached hydrogens (tertiary/aromatic N) is 2. The summed E-state index contributed by atoms with van der Waals surface area (Å²) < 4.78 is 11.9. The summed E-state index contributed by atoms with van der Waals surface area (Å²) in [5.41, 5.74) is 1.19. The van der Waals surface area contributed by atoms with Gasteiger partial charge in [-0.3, -0.25) is 4.57 Å². The summed E-state index contributed by atoms with van der Waals surface area (Å²) in [4.78, 5) is 27.8. The van der Waals surface area contributed by atoms with E-state index in [0.717, 1.165) is 11.3 Å². The van der Waals surface area contributed by atoms with Crippen LogP contribution in [0.2, 0.25) is 0 Å². The van der Waals surface area contributed by atoms with Crippen LogP contribution in [-0.2, 0) is 16.0 Å². The standard InChI is InChI=1S/C18H23N3O4S/c1-5-24-17(23)20-15-21(9-10-26-15)14-8-6-7-13(11-14)12-19-16(22)25-18(2,3)4/h6-11H,5,12H2,1-4H3,(H,19,22)/b20-15-. The van der Waals surface area contributed by atoms with E-state index < -0.39 is 17.8 Å². The van der Waals surface area contributed by atoms with Gasteiger partial charge in [-0.2, -0.15) is 0 Å². The van der Waals surface area contributed by atoms with Gasteiger partial charge in [-0.25, -0.2) is 9.59 Å². The van der Waals surface area contributed by atoms with Crippen LogP contribution in [0.25, 0.3) is 5.69 Å². The minimum atomic E-state index is -0.619. The van der Waals surface area contributed by atoms with E-state index in [9.17, 15) is 9.59 Å². The summed E-state index contributed by atoms with van der Waals surface area (Å²) in [6.45, 7) is 7.79. The minimum Gasteiger partial charge on any atom is -0.448 e. The molecule has 7 nitrogen and oxygen atoms in total. The lowest BCUT2D eigenvalue weighted by Crippen LogP contribution is -2.32. The second-order valence-electron chi connectivity index (χ2n) is 6.39. The highest BCUT2D eigenvalue weighted by atomic mass is 32.1. The number of ether oxygens (including phenoxy) is 2. The zero-order valence-electron chi connectivity index (χ0n) is 15.3. The molecule has 1 heterocycles. The molecule has 2 amide bonds. The second-order valence-corrected chi connectivity index (χ2v) is 7.26. The fraction of sp³-hybridized carbons (Fsp3) is 0.389. The first kappa shape index (κ1) is 19.7. The van der Waals surface area contributed by atoms with Crippen molar-refractivity contribution in [1.29, 1.82) is 0 Å². The Morgan fingerprint density at radius 1 is 1.31 bits per heavy atom. The SMILES string of the molecule is CCOC(=O)/N=c1\sccn1-c1cccc(CNC(=O)OC(C)(C)C)c1. The van der Waals surface area contributed by atoms with Crippen molar-refractivity contribution in [3.8, 4) is 5.69 Å². The van der Waals surface area contributed by atoms with Crippen molar-refractivity contribution < 1.29 is 19.1 Å². The number of carbonyl (C=O) groups is 2. The fourth-order valence-corrected chi connectivity index (χ4v) is 2.80. The van der Waals surface area contributed by atoms with E-state index in [4.69, 9.17) is 9.47 Å². The lowest BCUT2D eigenvalue weighted by Gasteiger charge is -2.19. The lowest BCUT2D eigenvalue weighted by molar-refractivity contribution is 0.0523. The highest BCUT2D eigenvalue weighted by Crippen LogP contribution is 2.11. The normalized spacial score (nSPS) is 11.9. The molecule has 1 aromatic heterocycles. The highest BCUT2D eigenvalue weighted by Gasteiger charge is 2.15. The summed E-state index contributed by atoms with van der Waals surface area (Å²) in [6, 6.07) is 7.58. The van der Waals surface area contributed by atoms with Crippen LogP contribution in [0.5, 0.6) is 0 Å². The van der Waals surface area contributed by atoms with Gasteiger partial charge in [0.25, 0.3) is 0 Å². The van der Waals surface area contributed by atoms with Gasteiger partial charge in [0.15, 0.2) is 0 Å². The fourth-order valence-electron chi connectivity index (χ4n) is 2.09. The van der Waals surface area contributed by atoms with Crippen LogP contribution in [0, 0.1) is 0 Å². The third-order valence-corrected chi connectivity index (χ3v) is 3.83. The molecule has 2 rings (SSSR count). The van der Waals surface area contributed by atoms with Crippen molar-refractivity contribution >= 4 is 23.5 Å². The van der Waals surface area contributed by atoms with Gasteiger partial charge in [-0.05, 0) is 45.4 Å². The Labute approximate surface area is 156 Å². The highest BCUT2D eigenvalue weighted by molar-refractivity contribution is 7.07. The van der Waals surface area contributed by atoms with Crippen LogP contribution >= 0.6 is 11.3 Å². The summed E-state index contributed by atoms with van der Waals surface area (Å²) in [7, 11) is 0. The molecule has 0 atom stereocenters. The van der Waals surface area contributed by atoms with Crippen molar-refractivity contribution in [1.82, 2.24) is 9.88 Å². The topological polar surface area (TPSA) is 81.9 Å². The largest absolute Gasteiger partial charge is 0.448 e. The number of nitrogens with one attached hydrogen (secondary N) is 1. The molecule has 0 aliphatic rings. The maximum Gasteiger partial charge on any atom is 0.436 e. The lowest BCUT2D eigenvalue weighted by atomic mass is 10.2. The number of rotatable bonds is 4. The Morgan fingerprint density at radius 3 is 2.77 bits per heavy atom. The van der Waals surface area contributed by atoms with Crippen molar-refractivity contribution in [2.45, 2.75) is 39.8 Å². The molecule has 0 aliphatic carbocycles. The summed E-state index contributed by atoms with van der Waals surface area (Å²) >= 11 is 1.33. The number of benzene rings is 1. The van der Waals surface area contributed by atoms with E-state index in [1.54, 1.807) is 11.5 Å². The first-order valence-corrected chi connectivity index (χ1v) is 9.10. The Hall–Kier alpha value is -2.61. The second kappa shape index (κ2) is 8.66. The molecule has 0 aliphatic heterocycles. The van der Waals surface area contributed by atoms with Crippen LogP contribution < -0.4 is 10.1 Å². The number of hydrogen-bond acceptors (Lipinski definition) is 5. The van der Waals surface area contributed by atoms with Crippen LogP contribution in [-0.4, -0.2) is 29.0 Å². The summed E-state index contributed by atoms with van der Waals surface area (Å²) in [6.07, 6.45) is 0.735. The first-order valence-electron chi connectivity index (χ1n) is 8.22. The predicted molar refractivity (Wildman–Crippen MR) is 99.3 cm³/mol. The smallest absolute Gasteiger partial charge is 0.436 e. The molecule has 0 fully saturated rings. The molecule has 26 heavy (non-hydrogen) atoms. The van der Waals surface area contributed by atoms with E-state index in [1.807, 2.05) is 56.6 Å². The Bertz CT molecular complexity index is 833. The maximum absolute atomic E-state index is 11.8. The van der Waals surface area contributed by atoms with Crippen molar-refractivity contribution in [2.24, 2.45) is 4.99 Å². The van der Waals surface area contributed by atoms with E-state index in [-0.39, 0.29) is 6.61 Å². The van der Waals surface area contributed by atoms with Gasteiger partial charge in [-0.15, -0.1) is 16.3 Å². The van der Waals surface area contributed by atoms with Crippen molar-refractivity contribution in [2.75, 3.05) is 6.61 Å². The zero-order valence-corrected chi connectivity index (χ0v) is 16.1. The van der Waals surface area contributed by atoms with E-state index in [0.29, 0.717) is 11.3 Å². The molecular formula is C18H23N3O4S.